The van der Waals surface area contributed by atoms with Gasteiger partial charge in [0.05, 0.1) is 0 Å². The molecule has 1 aromatic rings. The van der Waals surface area contributed by atoms with Crippen molar-refractivity contribution in [2.45, 2.75) is 18.4 Å². The van der Waals surface area contributed by atoms with Crippen molar-refractivity contribution in [2.75, 3.05) is 6.79 Å². The van der Waals surface area contributed by atoms with E-state index in [1.54, 1.807) is 6.07 Å². The first-order chi connectivity index (χ1) is 7.12. The van der Waals surface area contributed by atoms with E-state index in [-0.39, 0.29) is 17.6 Å². The molecule has 0 amide bonds. The maximum atomic E-state index is 13.8. The topological polar surface area (TPSA) is 44.5 Å². The number of halogens is 2. The second-order valence-corrected chi connectivity index (χ2v) is 4.32. The molecule has 1 aliphatic carbocycles. The van der Waals surface area contributed by atoms with E-state index in [1.165, 1.54) is 0 Å². The van der Waals surface area contributed by atoms with Crippen molar-refractivity contribution < 1.29 is 13.9 Å². The smallest absolute Gasteiger partial charge is 0.231 e. The molecule has 3 rings (SSSR count). The molecule has 1 aliphatic heterocycles. The summed E-state index contributed by atoms with van der Waals surface area (Å²) < 4.78 is 24.1. The van der Waals surface area contributed by atoms with E-state index in [1.807, 2.05) is 0 Å². The van der Waals surface area contributed by atoms with Crippen molar-refractivity contribution in [3.05, 3.63) is 22.5 Å². The number of fused-ring (bicyclic) bond motifs is 1. The van der Waals surface area contributed by atoms with Gasteiger partial charge in [0, 0.05) is 11.1 Å². The van der Waals surface area contributed by atoms with Gasteiger partial charge in [-0.15, -0.1) is 0 Å². The summed E-state index contributed by atoms with van der Waals surface area (Å²) in [6.07, 6.45) is 1.56. The van der Waals surface area contributed by atoms with E-state index < -0.39 is 11.4 Å². The van der Waals surface area contributed by atoms with Crippen LogP contribution in [0.1, 0.15) is 18.4 Å². The largest absolute Gasteiger partial charge is 0.454 e. The minimum Gasteiger partial charge on any atom is -0.454 e. The van der Waals surface area contributed by atoms with E-state index in [0.717, 1.165) is 12.8 Å². The fraction of sp³-hybridized carbons (Fsp3) is 0.400. The lowest BCUT2D eigenvalue weighted by molar-refractivity contribution is 0.174. The van der Waals surface area contributed by atoms with Gasteiger partial charge in [0.2, 0.25) is 6.79 Å². The highest BCUT2D eigenvalue weighted by molar-refractivity contribution is 6.32. The van der Waals surface area contributed by atoms with Crippen LogP contribution < -0.4 is 15.2 Å². The van der Waals surface area contributed by atoms with E-state index >= 15 is 0 Å². The summed E-state index contributed by atoms with van der Waals surface area (Å²) in [7, 11) is 0. The molecule has 15 heavy (non-hydrogen) atoms. The van der Waals surface area contributed by atoms with Crippen LogP contribution in [0.4, 0.5) is 4.39 Å². The first kappa shape index (κ1) is 9.24. The fourth-order valence-electron chi connectivity index (χ4n) is 1.75. The molecule has 0 aromatic heterocycles. The molecular weight excluding hydrogens is 221 g/mol. The Hall–Kier alpha value is -1.00. The summed E-state index contributed by atoms with van der Waals surface area (Å²) in [5.41, 5.74) is 5.80. The number of hydrogen-bond acceptors (Lipinski definition) is 3. The number of rotatable bonds is 1. The predicted octanol–water partition coefficient (Wildman–Crippen LogP) is 2.16. The summed E-state index contributed by atoms with van der Waals surface area (Å²) in [5, 5.41) is -0.0308. The van der Waals surface area contributed by atoms with Crippen molar-refractivity contribution in [3.8, 4) is 11.5 Å². The van der Waals surface area contributed by atoms with Crippen molar-refractivity contribution in [2.24, 2.45) is 5.73 Å². The number of hydrogen-bond donors (Lipinski definition) is 1. The molecule has 2 aliphatic rings. The first-order valence-corrected chi connectivity index (χ1v) is 5.06. The van der Waals surface area contributed by atoms with Gasteiger partial charge in [-0.05, 0) is 18.9 Å². The lowest BCUT2D eigenvalue weighted by atomic mass is 10.0. The zero-order valence-electron chi connectivity index (χ0n) is 7.85. The Labute approximate surface area is 90.9 Å². The molecule has 0 saturated heterocycles. The van der Waals surface area contributed by atoms with Gasteiger partial charge in [0.1, 0.15) is 5.02 Å². The zero-order valence-corrected chi connectivity index (χ0v) is 8.60. The van der Waals surface area contributed by atoms with Crippen LogP contribution in [0.3, 0.4) is 0 Å². The molecule has 2 N–H and O–H groups in total. The van der Waals surface area contributed by atoms with Crippen LogP contribution in [-0.2, 0) is 5.54 Å². The fourth-order valence-corrected chi connectivity index (χ4v) is 2.00. The molecule has 0 atom stereocenters. The highest BCUT2D eigenvalue weighted by Gasteiger charge is 2.44. The number of nitrogens with two attached hydrogens (primary N) is 1. The third-order valence-corrected chi connectivity index (χ3v) is 3.21. The van der Waals surface area contributed by atoms with Crippen molar-refractivity contribution in [1.29, 1.82) is 0 Å². The normalized spacial score (nSPS) is 20.5. The molecule has 1 saturated carbocycles. The molecule has 1 fully saturated rings. The minimum absolute atomic E-state index is 0.0308. The second kappa shape index (κ2) is 2.77. The minimum atomic E-state index is -0.561. The average Bonchev–Trinajstić information content (AvgIpc) is 2.80. The van der Waals surface area contributed by atoms with Crippen LogP contribution in [0.15, 0.2) is 6.07 Å². The Balaban J connectivity index is 2.20. The molecule has 80 valence electrons. The molecule has 1 aromatic carbocycles. The monoisotopic (exact) mass is 229 g/mol. The zero-order chi connectivity index (χ0) is 10.6. The Morgan fingerprint density at radius 2 is 2.13 bits per heavy atom. The van der Waals surface area contributed by atoms with Gasteiger partial charge in [-0.25, -0.2) is 4.39 Å². The Kier molecular flexibility index (Phi) is 1.71. The summed E-state index contributed by atoms with van der Waals surface area (Å²) in [4.78, 5) is 0. The molecule has 3 nitrogen and oxygen atoms in total. The van der Waals surface area contributed by atoms with Crippen LogP contribution in [0.2, 0.25) is 5.02 Å². The van der Waals surface area contributed by atoms with Gasteiger partial charge in [0.25, 0.3) is 0 Å². The van der Waals surface area contributed by atoms with E-state index in [4.69, 9.17) is 26.8 Å². The van der Waals surface area contributed by atoms with Crippen LogP contribution >= 0.6 is 11.6 Å². The van der Waals surface area contributed by atoms with Gasteiger partial charge in [-0.3, -0.25) is 0 Å². The second-order valence-electron chi connectivity index (χ2n) is 3.94. The summed E-state index contributed by atoms with van der Waals surface area (Å²) >= 11 is 5.84. The van der Waals surface area contributed by atoms with E-state index in [2.05, 4.69) is 0 Å². The Morgan fingerprint density at radius 1 is 1.40 bits per heavy atom. The molecule has 0 unspecified atom stereocenters. The number of ether oxygens (including phenoxy) is 2. The highest BCUT2D eigenvalue weighted by Crippen LogP contribution is 2.50. The van der Waals surface area contributed by atoms with Crippen LogP contribution in [0.5, 0.6) is 11.5 Å². The maximum absolute atomic E-state index is 13.8. The molecule has 0 bridgehead atoms. The quantitative estimate of drug-likeness (QED) is 0.803. The van der Waals surface area contributed by atoms with Crippen LogP contribution in [0, 0.1) is 5.82 Å². The highest BCUT2D eigenvalue weighted by atomic mass is 35.5. The lowest BCUT2D eigenvalue weighted by Crippen LogP contribution is -2.20. The predicted molar refractivity (Wildman–Crippen MR) is 52.6 cm³/mol. The first-order valence-electron chi connectivity index (χ1n) is 4.69. The molecule has 5 heteroatoms. The van der Waals surface area contributed by atoms with Gasteiger partial charge in [-0.1, -0.05) is 11.6 Å². The lowest BCUT2D eigenvalue weighted by Gasteiger charge is -2.12. The standard InChI is InChI=1S/C10H9ClFNO2/c11-7-8(12)5(10(13)1-2-10)3-6-9(7)15-4-14-6/h3H,1-2,4,13H2. The van der Waals surface area contributed by atoms with Crippen molar-refractivity contribution in [1.82, 2.24) is 0 Å². The summed E-state index contributed by atoms with van der Waals surface area (Å²) in [6, 6.07) is 1.59. The number of benzene rings is 1. The molecule has 0 radical (unpaired) electrons. The van der Waals surface area contributed by atoms with Gasteiger partial charge < -0.3 is 15.2 Å². The summed E-state index contributed by atoms with van der Waals surface area (Å²) in [5.74, 6) is 0.274. The van der Waals surface area contributed by atoms with Gasteiger partial charge >= 0.3 is 0 Å². The summed E-state index contributed by atoms with van der Waals surface area (Å²) in [6.45, 7) is 0.0789. The maximum Gasteiger partial charge on any atom is 0.231 e. The molecular formula is C10H9ClFNO2. The third kappa shape index (κ3) is 1.21. The van der Waals surface area contributed by atoms with Crippen LogP contribution in [-0.4, -0.2) is 6.79 Å². The van der Waals surface area contributed by atoms with Gasteiger partial charge in [-0.2, -0.15) is 0 Å². The van der Waals surface area contributed by atoms with Crippen molar-refractivity contribution in [3.63, 3.8) is 0 Å². The third-order valence-electron chi connectivity index (χ3n) is 2.87. The molecule has 1 heterocycles. The van der Waals surface area contributed by atoms with Gasteiger partial charge in [0.15, 0.2) is 17.3 Å². The van der Waals surface area contributed by atoms with Crippen molar-refractivity contribution >= 4 is 11.6 Å². The Morgan fingerprint density at radius 3 is 2.80 bits per heavy atom. The van der Waals surface area contributed by atoms with Crippen LogP contribution in [0.25, 0.3) is 0 Å². The van der Waals surface area contributed by atoms with E-state index in [9.17, 15) is 4.39 Å². The molecule has 0 spiro atoms. The SMILES string of the molecule is NC1(c2cc3c(c(Cl)c2F)OCO3)CC1. The Bertz CT molecular complexity index is 446. The average molecular weight is 230 g/mol. The van der Waals surface area contributed by atoms with E-state index in [0.29, 0.717) is 11.3 Å².